The number of nitrogens with zero attached hydrogens (tertiary/aromatic N) is 3. The van der Waals surface area contributed by atoms with Gasteiger partial charge in [-0.15, -0.1) is 0 Å². The lowest BCUT2D eigenvalue weighted by molar-refractivity contribution is 0.642. The summed E-state index contributed by atoms with van der Waals surface area (Å²) in [7, 11) is 0. The molecule has 0 radical (unpaired) electrons. The summed E-state index contributed by atoms with van der Waals surface area (Å²) in [6.07, 6.45) is 3.32. The zero-order valence-electron chi connectivity index (χ0n) is 31.1. The highest BCUT2D eigenvalue weighted by molar-refractivity contribution is 6.08. The molecule has 0 saturated heterocycles. The Morgan fingerprint density at radius 2 is 0.667 bits per heavy atom. The van der Waals surface area contributed by atoms with E-state index in [2.05, 4.69) is 202 Å². The van der Waals surface area contributed by atoms with Gasteiger partial charge in [0.15, 0.2) is 0 Å². The maximum absolute atomic E-state index is 2.47. The summed E-state index contributed by atoms with van der Waals surface area (Å²) in [5, 5.41) is 2.71. The average molecular weight is 670 g/mol. The number of hydrogen-bond acceptors (Lipinski definition) is 2. The van der Waals surface area contributed by atoms with Crippen molar-refractivity contribution in [1.82, 2.24) is 4.57 Å². The number of rotatable bonds is 3. The number of aromatic nitrogens is 1. The lowest BCUT2D eigenvalue weighted by atomic mass is 9.94. The molecule has 2 aliphatic rings. The fourth-order valence-corrected chi connectivity index (χ4v) is 8.06. The SMILES string of the molecule is CC(C)N1c2ccccc2CCc2ccccc21.CC(C)N1c2ccccc2Cc2ccccc21.CC(C)n1c2ccccc2c2ccccc21. The molecule has 2 aliphatic heterocycles. The summed E-state index contributed by atoms with van der Waals surface area (Å²) in [4.78, 5) is 4.91. The summed E-state index contributed by atoms with van der Waals surface area (Å²) >= 11 is 0. The summed E-state index contributed by atoms with van der Waals surface area (Å²) < 4.78 is 2.41. The van der Waals surface area contributed by atoms with Crippen LogP contribution in [0.15, 0.2) is 146 Å². The van der Waals surface area contributed by atoms with E-state index < -0.39 is 0 Å². The van der Waals surface area contributed by atoms with Gasteiger partial charge in [-0.25, -0.2) is 0 Å². The van der Waals surface area contributed by atoms with Gasteiger partial charge in [-0.2, -0.15) is 0 Å². The molecule has 0 bridgehead atoms. The van der Waals surface area contributed by atoms with Gasteiger partial charge in [0, 0.05) is 69.1 Å². The predicted molar refractivity (Wildman–Crippen MR) is 220 cm³/mol. The van der Waals surface area contributed by atoms with Crippen molar-refractivity contribution in [2.75, 3.05) is 9.80 Å². The summed E-state index contributed by atoms with van der Waals surface area (Å²) in [5.74, 6) is 0. The third-order valence-electron chi connectivity index (χ3n) is 10.2. The fraction of sp³-hybridized carbons (Fsp3) is 0.250. The van der Waals surface area contributed by atoms with Gasteiger partial charge in [-0.1, -0.05) is 109 Å². The second-order valence-electron chi connectivity index (χ2n) is 14.6. The Morgan fingerprint density at radius 1 is 0.353 bits per heavy atom. The summed E-state index contributed by atoms with van der Waals surface area (Å²) in [6, 6.07) is 53.7. The zero-order valence-corrected chi connectivity index (χ0v) is 31.1. The number of hydrogen-bond donors (Lipinski definition) is 0. The minimum atomic E-state index is 0.477. The van der Waals surface area contributed by atoms with E-state index in [0.29, 0.717) is 18.1 Å². The van der Waals surface area contributed by atoms with Crippen LogP contribution in [0.3, 0.4) is 0 Å². The first-order valence-electron chi connectivity index (χ1n) is 18.7. The largest absolute Gasteiger partial charge is 0.338 e. The molecule has 3 nitrogen and oxygen atoms in total. The van der Waals surface area contributed by atoms with Crippen molar-refractivity contribution in [3.8, 4) is 0 Å². The molecule has 3 heteroatoms. The smallest absolute Gasteiger partial charge is 0.0493 e. The second-order valence-corrected chi connectivity index (χ2v) is 14.6. The Bertz CT molecular complexity index is 2110. The minimum absolute atomic E-state index is 0.477. The number of aryl methyl sites for hydroxylation is 2. The Balaban J connectivity index is 0.000000120. The lowest BCUT2D eigenvalue weighted by Crippen LogP contribution is -2.29. The Labute approximate surface area is 304 Å². The van der Waals surface area contributed by atoms with E-state index in [-0.39, 0.29) is 0 Å². The van der Waals surface area contributed by atoms with E-state index in [1.807, 2.05) is 0 Å². The molecule has 3 heterocycles. The molecule has 0 saturated carbocycles. The third kappa shape index (κ3) is 6.78. The lowest BCUT2D eigenvalue weighted by Gasteiger charge is -2.36. The van der Waals surface area contributed by atoms with Crippen LogP contribution in [0.2, 0.25) is 0 Å². The van der Waals surface area contributed by atoms with Gasteiger partial charge in [0.2, 0.25) is 0 Å². The van der Waals surface area contributed by atoms with Gasteiger partial charge in [0.05, 0.1) is 0 Å². The van der Waals surface area contributed by atoms with Crippen molar-refractivity contribution in [3.63, 3.8) is 0 Å². The quantitative estimate of drug-likeness (QED) is 0.185. The van der Waals surface area contributed by atoms with Crippen LogP contribution in [0.25, 0.3) is 21.8 Å². The van der Waals surface area contributed by atoms with Crippen molar-refractivity contribution in [1.29, 1.82) is 0 Å². The van der Waals surface area contributed by atoms with Crippen LogP contribution >= 0.6 is 0 Å². The highest BCUT2D eigenvalue weighted by Crippen LogP contribution is 2.40. The Morgan fingerprint density at radius 3 is 1.04 bits per heavy atom. The molecule has 0 atom stereocenters. The van der Waals surface area contributed by atoms with E-state index >= 15 is 0 Å². The van der Waals surface area contributed by atoms with Crippen molar-refractivity contribution in [2.24, 2.45) is 0 Å². The Hall–Kier alpha value is -5.28. The van der Waals surface area contributed by atoms with Crippen LogP contribution < -0.4 is 9.80 Å². The molecule has 6 aromatic carbocycles. The molecular formula is C48H51N3. The van der Waals surface area contributed by atoms with E-state index in [1.54, 1.807) is 0 Å². The first-order valence-corrected chi connectivity index (χ1v) is 18.7. The van der Waals surface area contributed by atoms with E-state index in [9.17, 15) is 0 Å². The van der Waals surface area contributed by atoms with Crippen molar-refractivity contribution < 1.29 is 0 Å². The maximum Gasteiger partial charge on any atom is 0.0493 e. The molecule has 0 unspecified atom stereocenters. The topological polar surface area (TPSA) is 11.4 Å². The highest BCUT2D eigenvalue weighted by atomic mass is 15.2. The van der Waals surface area contributed by atoms with Crippen LogP contribution in [0.4, 0.5) is 22.7 Å². The monoisotopic (exact) mass is 669 g/mol. The molecule has 258 valence electrons. The molecule has 0 spiro atoms. The molecule has 9 rings (SSSR count). The molecule has 0 aliphatic carbocycles. The van der Waals surface area contributed by atoms with Crippen molar-refractivity contribution in [2.45, 2.75) is 78.9 Å². The number of benzene rings is 6. The molecule has 0 N–H and O–H groups in total. The predicted octanol–water partition coefficient (Wildman–Crippen LogP) is 12.8. The van der Waals surface area contributed by atoms with E-state index in [1.165, 1.54) is 66.8 Å². The maximum atomic E-state index is 2.47. The standard InChI is InChI=1S/C17H19N.C16H17N.C15H15N/c1-13(2)18-16-9-5-3-7-14(16)11-12-15-8-4-6-10-17(15)18;1-12(2)17-15-9-5-3-7-13(15)11-14-8-4-6-10-16(14)17;1-11(2)16-14-9-5-3-7-12(14)13-8-4-6-10-15(13)16/h3-10,13H,11-12H2,1-2H3;3-10,12H,11H2,1-2H3;3-11H,1-2H3. The van der Waals surface area contributed by atoms with Crippen LogP contribution in [0.1, 0.15) is 69.8 Å². The zero-order chi connectivity index (χ0) is 35.5. The molecule has 51 heavy (non-hydrogen) atoms. The Kier molecular flexibility index (Phi) is 9.99. The van der Waals surface area contributed by atoms with Crippen LogP contribution in [-0.2, 0) is 19.3 Å². The van der Waals surface area contributed by atoms with Crippen molar-refractivity contribution in [3.05, 3.63) is 168 Å². The minimum Gasteiger partial charge on any atom is -0.338 e. The second kappa shape index (κ2) is 14.9. The molecule has 1 aromatic heterocycles. The highest BCUT2D eigenvalue weighted by Gasteiger charge is 2.24. The first kappa shape index (κ1) is 34.2. The fourth-order valence-electron chi connectivity index (χ4n) is 8.06. The van der Waals surface area contributed by atoms with Gasteiger partial charge in [0.25, 0.3) is 0 Å². The summed E-state index contributed by atoms with van der Waals surface area (Å²) in [6.45, 7) is 13.5. The van der Waals surface area contributed by atoms with Gasteiger partial charge in [-0.3, -0.25) is 0 Å². The van der Waals surface area contributed by atoms with E-state index in [0.717, 1.165) is 19.3 Å². The third-order valence-corrected chi connectivity index (χ3v) is 10.2. The van der Waals surface area contributed by atoms with Crippen molar-refractivity contribution >= 4 is 44.6 Å². The van der Waals surface area contributed by atoms with Crippen LogP contribution in [0.5, 0.6) is 0 Å². The average Bonchev–Trinajstić information content (AvgIpc) is 3.39. The molecule has 7 aromatic rings. The normalized spacial score (nSPS) is 13.1. The number of fused-ring (bicyclic) bond motifs is 7. The van der Waals surface area contributed by atoms with Gasteiger partial charge in [0.1, 0.15) is 0 Å². The van der Waals surface area contributed by atoms with Gasteiger partial charge >= 0.3 is 0 Å². The van der Waals surface area contributed by atoms with Crippen LogP contribution in [-0.4, -0.2) is 16.7 Å². The summed E-state index contributed by atoms with van der Waals surface area (Å²) in [5.41, 5.74) is 13.9. The molecule has 0 amide bonds. The van der Waals surface area contributed by atoms with E-state index in [4.69, 9.17) is 0 Å². The molecule has 0 fully saturated rings. The van der Waals surface area contributed by atoms with Gasteiger partial charge in [-0.05, 0) is 113 Å². The number of anilines is 4. The molecular weight excluding hydrogens is 619 g/mol. The van der Waals surface area contributed by atoms with Crippen LogP contribution in [0, 0.1) is 0 Å². The van der Waals surface area contributed by atoms with Gasteiger partial charge < -0.3 is 14.4 Å². The number of para-hydroxylation sites is 6. The first-order chi connectivity index (χ1) is 24.8.